The zero-order valence-corrected chi connectivity index (χ0v) is 19.7. The maximum Gasteiger partial charge on any atom is 0.401 e. The van der Waals surface area contributed by atoms with Crippen molar-refractivity contribution in [3.63, 3.8) is 0 Å². The summed E-state index contributed by atoms with van der Waals surface area (Å²) < 4.78 is 53.9. The molecule has 0 saturated carbocycles. The normalized spacial score (nSPS) is 17.5. The molecule has 2 heterocycles. The third-order valence-corrected chi connectivity index (χ3v) is 4.88. The Morgan fingerprint density at radius 3 is 2.71 bits per heavy atom. The number of rotatable bonds is 6. The van der Waals surface area contributed by atoms with Gasteiger partial charge in [-0.3, -0.25) is 4.90 Å². The van der Waals surface area contributed by atoms with E-state index in [1.54, 1.807) is 36.0 Å². The summed E-state index contributed by atoms with van der Waals surface area (Å²) in [5.41, 5.74) is 1.11. The summed E-state index contributed by atoms with van der Waals surface area (Å²) in [6.45, 7) is 4.34. The van der Waals surface area contributed by atoms with Gasteiger partial charge in [0, 0.05) is 38.1 Å². The molecule has 1 saturated heterocycles. The van der Waals surface area contributed by atoms with Gasteiger partial charge in [-0.15, -0.1) is 24.0 Å². The van der Waals surface area contributed by atoms with Gasteiger partial charge < -0.3 is 15.2 Å². The summed E-state index contributed by atoms with van der Waals surface area (Å²) in [5.74, 6) is 0.820. The van der Waals surface area contributed by atoms with E-state index in [1.165, 1.54) is 11.0 Å². The first-order valence-electron chi connectivity index (χ1n) is 9.88. The van der Waals surface area contributed by atoms with Crippen LogP contribution in [0.5, 0.6) is 0 Å². The SMILES string of the molecule is CCNC(=NCc1ccc(-n2ccnc2C)c(F)c1)NC1CCN(CC(F)(F)F)C1.I. The monoisotopic (exact) mass is 554 g/mol. The lowest BCUT2D eigenvalue weighted by atomic mass is 10.2. The predicted molar refractivity (Wildman–Crippen MR) is 123 cm³/mol. The van der Waals surface area contributed by atoms with E-state index in [4.69, 9.17) is 0 Å². The highest BCUT2D eigenvalue weighted by atomic mass is 127. The molecule has 0 radical (unpaired) electrons. The zero-order chi connectivity index (χ0) is 21.7. The minimum atomic E-state index is -4.20. The van der Waals surface area contributed by atoms with E-state index in [1.807, 2.05) is 6.92 Å². The standard InChI is InChI=1S/C20H26F4N6.HI/c1-3-25-19(28-16-6-8-29(12-16)13-20(22,23)24)27-11-15-4-5-18(17(21)10-15)30-9-7-26-14(30)2;/h4-5,7,9-10,16H,3,6,8,11-13H2,1-2H3,(H2,25,27,28);1H. The van der Waals surface area contributed by atoms with Crippen LogP contribution in [0.15, 0.2) is 35.6 Å². The molecule has 1 aliphatic heterocycles. The van der Waals surface area contributed by atoms with Gasteiger partial charge in [-0.2, -0.15) is 13.2 Å². The van der Waals surface area contributed by atoms with Crippen molar-refractivity contribution in [3.8, 4) is 5.69 Å². The van der Waals surface area contributed by atoms with Crippen LogP contribution in [0.2, 0.25) is 0 Å². The van der Waals surface area contributed by atoms with Crippen LogP contribution in [0.3, 0.4) is 0 Å². The van der Waals surface area contributed by atoms with Crippen LogP contribution in [0.25, 0.3) is 5.69 Å². The Labute approximate surface area is 196 Å². The fraction of sp³-hybridized carbons (Fsp3) is 0.500. The van der Waals surface area contributed by atoms with E-state index in [9.17, 15) is 17.6 Å². The topological polar surface area (TPSA) is 57.5 Å². The molecule has 2 aromatic rings. The van der Waals surface area contributed by atoms with Crippen molar-refractivity contribution in [2.75, 3.05) is 26.2 Å². The highest BCUT2D eigenvalue weighted by Gasteiger charge is 2.34. The molecule has 2 N–H and O–H groups in total. The minimum Gasteiger partial charge on any atom is -0.357 e. The molecule has 1 unspecified atom stereocenters. The van der Waals surface area contributed by atoms with Crippen LogP contribution in [-0.2, 0) is 6.54 Å². The lowest BCUT2D eigenvalue weighted by Gasteiger charge is -2.19. The highest BCUT2D eigenvalue weighted by molar-refractivity contribution is 14.0. The molecule has 1 aromatic carbocycles. The molecule has 172 valence electrons. The fourth-order valence-electron chi connectivity index (χ4n) is 3.51. The molecule has 6 nitrogen and oxygen atoms in total. The van der Waals surface area contributed by atoms with Crippen LogP contribution in [0.1, 0.15) is 24.7 Å². The van der Waals surface area contributed by atoms with E-state index in [2.05, 4.69) is 20.6 Å². The Hall–Kier alpha value is -1.89. The lowest BCUT2D eigenvalue weighted by Crippen LogP contribution is -2.45. The molecule has 0 amide bonds. The average molecular weight is 554 g/mol. The van der Waals surface area contributed by atoms with E-state index in [0.717, 1.165) is 0 Å². The second kappa shape index (κ2) is 11.1. The van der Waals surface area contributed by atoms with Crippen molar-refractivity contribution in [1.29, 1.82) is 0 Å². The van der Waals surface area contributed by atoms with E-state index in [0.29, 0.717) is 49.1 Å². The van der Waals surface area contributed by atoms with Gasteiger partial charge in [0.15, 0.2) is 5.96 Å². The predicted octanol–water partition coefficient (Wildman–Crippen LogP) is 3.63. The van der Waals surface area contributed by atoms with Crippen molar-refractivity contribution in [1.82, 2.24) is 25.1 Å². The third-order valence-electron chi connectivity index (χ3n) is 4.88. The molecule has 0 bridgehead atoms. The number of aromatic nitrogens is 2. The Balaban J connectivity index is 0.00000341. The summed E-state index contributed by atoms with van der Waals surface area (Å²) in [7, 11) is 0. The molecule has 31 heavy (non-hydrogen) atoms. The molecular weight excluding hydrogens is 527 g/mol. The molecule has 1 aromatic heterocycles. The maximum atomic E-state index is 14.5. The van der Waals surface area contributed by atoms with Crippen molar-refractivity contribution < 1.29 is 17.6 Å². The van der Waals surface area contributed by atoms with E-state index < -0.39 is 12.7 Å². The van der Waals surface area contributed by atoms with Gasteiger partial charge in [-0.05, 0) is 38.0 Å². The highest BCUT2D eigenvalue weighted by Crippen LogP contribution is 2.20. The van der Waals surface area contributed by atoms with Crippen LogP contribution in [0, 0.1) is 12.7 Å². The number of nitrogens with one attached hydrogen (secondary N) is 2. The third kappa shape index (κ3) is 7.34. The van der Waals surface area contributed by atoms with Crippen molar-refractivity contribution in [3.05, 3.63) is 47.8 Å². The first kappa shape index (κ1) is 25.4. The van der Waals surface area contributed by atoms with Crippen molar-refractivity contribution in [2.45, 2.75) is 39.0 Å². The average Bonchev–Trinajstić information content (AvgIpc) is 3.27. The molecule has 1 fully saturated rings. The van der Waals surface area contributed by atoms with Gasteiger partial charge in [-0.25, -0.2) is 14.4 Å². The fourth-order valence-corrected chi connectivity index (χ4v) is 3.51. The molecule has 0 spiro atoms. The Morgan fingerprint density at radius 2 is 2.10 bits per heavy atom. The lowest BCUT2D eigenvalue weighted by molar-refractivity contribution is -0.143. The largest absolute Gasteiger partial charge is 0.401 e. The van der Waals surface area contributed by atoms with E-state index >= 15 is 0 Å². The number of aryl methyl sites for hydroxylation is 1. The van der Waals surface area contributed by atoms with Crippen molar-refractivity contribution in [2.24, 2.45) is 4.99 Å². The molecule has 3 rings (SSSR count). The number of nitrogens with zero attached hydrogens (tertiary/aromatic N) is 4. The number of aliphatic imine (C=N–C) groups is 1. The number of hydrogen-bond acceptors (Lipinski definition) is 3. The van der Waals surface area contributed by atoms with Crippen LogP contribution < -0.4 is 10.6 Å². The second-order valence-electron chi connectivity index (χ2n) is 7.31. The first-order valence-corrected chi connectivity index (χ1v) is 9.88. The number of alkyl halides is 3. The summed E-state index contributed by atoms with van der Waals surface area (Å²) in [6, 6.07) is 4.79. The molecule has 1 atom stereocenters. The van der Waals surface area contributed by atoms with Gasteiger partial charge in [0.2, 0.25) is 0 Å². The van der Waals surface area contributed by atoms with Gasteiger partial charge in [0.1, 0.15) is 11.6 Å². The number of hydrogen-bond donors (Lipinski definition) is 2. The number of guanidine groups is 1. The molecule has 0 aliphatic carbocycles. The van der Waals surface area contributed by atoms with E-state index in [-0.39, 0.29) is 42.4 Å². The Morgan fingerprint density at radius 1 is 1.32 bits per heavy atom. The van der Waals surface area contributed by atoms with Gasteiger partial charge >= 0.3 is 6.18 Å². The van der Waals surface area contributed by atoms with Crippen LogP contribution in [0.4, 0.5) is 17.6 Å². The van der Waals surface area contributed by atoms with Gasteiger partial charge in [0.25, 0.3) is 0 Å². The summed E-state index contributed by atoms with van der Waals surface area (Å²) >= 11 is 0. The minimum absolute atomic E-state index is 0. The smallest absolute Gasteiger partial charge is 0.357 e. The number of halogens is 5. The first-order chi connectivity index (χ1) is 14.2. The molecular formula is C20H27F4IN6. The Kier molecular flexibility index (Phi) is 9.10. The number of imidazole rings is 1. The second-order valence-corrected chi connectivity index (χ2v) is 7.31. The number of likely N-dealkylation sites (tertiary alicyclic amines) is 1. The zero-order valence-electron chi connectivity index (χ0n) is 17.4. The molecule has 1 aliphatic rings. The molecule has 11 heteroatoms. The maximum absolute atomic E-state index is 14.5. The summed E-state index contributed by atoms with van der Waals surface area (Å²) in [5, 5.41) is 6.27. The number of benzene rings is 1. The van der Waals surface area contributed by atoms with Crippen molar-refractivity contribution >= 4 is 29.9 Å². The van der Waals surface area contributed by atoms with Crippen LogP contribution in [-0.4, -0.2) is 58.8 Å². The Bertz CT molecular complexity index is 883. The van der Waals surface area contributed by atoms with Gasteiger partial charge in [0.05, 0.1) is 18.8 Å². The van der Waals surface area contributed by atoms with Gasteiger partial charge in [-0.1, -0.05) is 6.07 Å². The summed E-state index contributed by atoms with van der Waals surface area (Å²) in [6.07, 6.45) is -0.282. The van der Waals surface area contributed by atoms with Crippen LogP contribution >= 0.6 is 24.0 Å². The quantitative estimate of drug-likeness (QED) is 0.248. The summed E-state index contributed by atoms with van der Waals surface area (Å²) in [4.78, 5) is 9.95.